The second kappa shape index (κ2) is 9.76. The van der Waals surface area contributed by atoms with Crippen LogP contribution in [0.25, 0.3) is 0 Å². The molecule has 0 fully saturated rings. The summed E-state index contributed by atoms with van der Waals surface area (Å²) in [6.45, 7) is 2.26. The molecule has 1 heterocycles. The van der Waals surface area contributed by atoms with Crippen LogP contribution in [0.15, 0.2) is 47.5 Å². The van der Waals surface area contributed by atoms with Gasteiger partial charge in [0, 0.05) is 24.6 Å². The molecular formula is C22H24ClN2O4. The Morgan fingerprint density at radius 3 is 2.66 bits per heavy atom. The van der Waals surface area contributed by atoms with Gasteiger partial charge in [-0.1, -0.05) is 23.7 Å². The van der Waals surface area contributed by atoms with Crippen molar-refractivity contribution in [1.82, 2.24) is 4.90 Å². The van der Waals surface area contributed by atoms with Gasteiger partial charge in [0.25, 0.3) is 0 Å². The van der Waals surface area contributed by atoms with Gasteiger partial charge in [-0.25, -0.2) is 10.1 Å². The van der Waals surface area contributed by atoms with E-state index in [0.717, 1.165) is 22.6 Å². The summed E-state index contributed by atoms with van der Waals surface area (Å²) in [6, 6.07) is 13.6. The fraction of sp³-hybridized carbons (Fsp3) is 0.364. The van der Waals surface area contributed by atoms with Crippen molar-refractivity contribution in [3.8, 4) is 5.75 Å². The molecule has 153 valence electrons. The number of para-hydroxylation sites is 1. The van der Waals surface area contributed by atoms with Crippen LogP contribution in [0, 0.1) is 0 Å². The third kappa shape index (κ3) is 5.08. The van der Waals surface area contributed by atoms with E-state index in [4.69, 9.17) is 26.1 Å². The maximum Gasteiger partial charge on any atom is 0.305 e. The second-order valence-electron chi connectivity index (χ2n) is 6.80. The zero-order chi connectivity index (χ0) is 20.8. The minimum absolute atomic E-state index is 0.152. The number of ether oxygens (including phenoxy) is 2. The van der Waals surface area contributed by atoms with Crippen LogP contribution in [-0.4, -0.2) is 43.6 Å². The van der Waals surface area contributed by atoms with Gasteiger partial charge in [-0.15, -0.1) is 0 Å². The largest absolute Gasteiger partial charge is 0.490 e. The maximum absolute atomic E-state index is 11.4. The van der Waals surface area contributed by atoms with Crippen LogP contribution in [0.4, 0.5) is 5.69 Å². The molecule has 0 aromatic heterocycles. The average Bonchev–Trinajstić information content (AvgIpc) is 2.73. The maximum atomic E-state index is 11.4. The van der Waals surface area contributed by atoms with Crippen LogP contribution in [0.3, 0.4) is 0 Å². The minimum atomic E-state index is -0.369. The van der Waals surface area contributed by atoms with Crippen molar-refractivity contribution >= 4 is 29.1 Å². The Morgan fingerprint density at radius 2 is 1.93 bits per heavy atom. The third-order valence-corrected chi connectivity index (χ3v) is 5.16. The lowest BCUT2D eigenvalue weighted by molar-refractivity contribution is -0.144. The van der Waals surface area contributed by atoms with Crippen molar-refractivity contribution in [2.75, 3.05) is 26.9 Å². The van der Waals surface area contributed by atoms with Crippen LogP contribution in [-0.2, 0) is 14.6 Å². The average molecular weight is 416 g/mol. The molecule has 1 aliphatic heterocycles. The van der Waals surface area contributed by atoms with Crippen molar-refractivity contribution in [3.05, 3.63) is 58.6 Å². The third-order valence-electron chi connectivity index (χ3n) is 4.85. The summed E-state index contributed by atoms with van der Waals surface area (Å²) in [7, 11) is 2.01. The van der Waals surface area contributed by atoms with E-state index in [0.29, 0.717) is 17.2 Å². The number of nitrogens with zero attached hydrogens (tertiary/aromatic N) is 2. The van der Waals surface area contributed by atoms with Crippen LogP contribution in [0.2, 0.25) is 5.02 Å². The first kappa shape index (κ1) is 21.1. The molecular weight excluding hydrogens is 392 g/mol. The van der Waals surface area contributed by atoms with Crippen molar-refractivity contribution in [2.24, 2.45) is 4.99 Å². The van der Waals surface area contributed by atoms with Crippen LogP contribution in [0.1, 0.15) is 36.9 Å². The number of fused-ring (bicyclic) bond motifs is 1. The first-order valence-electron chi connectivity index (χ1n) is 9.58. The molecule has 0 aliphatic carbocycles. The summed E-state index contributed by atoms with van der Waals surface area (Å²) in [6.07, 6.45) is 0.452. The van der Waals surface area contributed by atoms with Gasteiger partial charge >= 0.3 is 5.97 Å². The van der Waals surface area contributed by atoms with E-state index in [1.165, 1.54) is 0 Å². The molecule has 0 saturated heterocycles. The first-order valence-corrected chi connectivity index (χ1v) is 9.96. The first-order chi connectivity index (χ1) is 14.0. The van der Waals surface area contributed by atoms with E-state index in [1.807, 2.05) is 49.5 Å². The molecule has 2 aromatic carbocycles. The molecule has 0 N–H and O–H groups in total. The number of amidine groups is 1. The van der Waals surface area contributed by atoms with E-state index in [1.54, 1.807) is 0 Å². The Bertz CT molecular complexity index is 883. The Kier molecular flexibility index (Phi) is 7.12. The molecule has 1 atom stereocenters. The molecule has 3 rings (SSSR count). The molecule has 2 aromatic rings. The Hall–Kier alpha value is -2.57. The van der Waals surface area contributed by atoms with Gasteiger partial charge in [0.1, 0.15) is 24.8 Å². The van der Waals surface area contributed by atoms with Crippen molar-refractivity contribution in [1.29, 1.82) is 0 Å². The normalized spacial score (nSPS) is 15.5. The molecule has 7 heteroatoms. The number of carbonyl (C=O) groups is 1. The lowest BCUT2D eigenvalue weighted by atomic mass is 10.0. The summed E-state index contributed by atoms with van der Waals surface area (Å²) in [5, 5.41) is 11.0. The number of carbonyl (C=O) groups excluding carboxylic acids is 1. The molecule has 0 bridgehead atoms. The monoisotopic (exact) mass is 415 g/mol. The molecule has 1 unspecified atom stereocenters. The van der Waals surface area contributed by atoms with Crippen molar-refractivity contribution in [3.63, 3.8) is 0 Å². The van der Waals surface area contributed by atoms with E-state index in [-0.39, 0.29) is 38.3 Å². The lowest BCUT2D eigenvalue weighted by Crippen LogP contribution is -2.33. The Labute approximate surface area is 175 Å². The van der Waals surface area contributed by atoms with Gasteiger partial charge in [0.05, 0.1) is 23.4 Å². The smallest absolute Gasteiger partial charge is 0.305 e. The predicted molar refractivity (Wildman–Crippen MR) is 112 cm³/mol. The van der Waals surface area contributed by atoms with Crippen LogP contribution in [0.5, 0.6) is 5.75 Å². The highest BCUT2D eigenvalue weighted by atomic mass is 35.5. The number of rotatable bonds is 8. The summed E-state index contributed by atoms with van der Waals surface area (Å²) in [4.78, 5) is 18.3. The number of aliphatic imine (C=N–C) groups is 1. The lowest BCUT2D eigenvalue weighted by Gasteiger charge is -2.33. The van der Waals surface area contributed by atoms with Gasteiger partial charge in [-0.05, 0) is 43.7 Å². The molecule has 1 radical (unpaired) electrons. The highest BCUT2D eigenvalue weighted by Gasteiger charge is 2.26. The van der Waals surface area contributed by atoms with E-state index >= 15 is 0 Å². The summed E-state index contributed by atoms with van der Waals surface area (Å²) in [5.41, 5.74) is 2.88. The van der Waals surface area contributed by atoms with Gasteiger partial charge in [-0.3, -0.25) is 4.79 Å². The SMILES string of the molecule is CC1c2cccc(Cl)c2N=C(c2ccc(OCCOC(=O)CCC[O])cc2)N1C. The van der Waals surface area contributed by atoms with Gasteiger partial charge in [0.2, 0.25) is 0 Å². The molecule has 6 nitrogen and oxygen atoms in total. The zero-order valence-electron chi connectivity index (χ0n) is 16.6. The fourth-order valence-electron chi connectivity index (χ4n) is 3.14. The molecule has 29 heavy (non-hydrogen) atoms. The zero-order valence-corrected chi connectivity index (χ0v) is 17.3. The Morgan fingerprint density at radius 1 is 1.17 bits per heavy atom. The number of benzene rings is 2. The molecule has 1 aliphatic rings. The van der Waals surface area contributed by atoms with Crippen LogP contribution < -0.4 is 4.74 Å². The predicted octanol–water partition coefficient (Wildman–Crippen LogP) is 4.56. The minimum Gasteiger partial charge on any atom is -0.490 e. The van der Waals surface area contributed by atoms with E-state index in [2.05, 4.69) is 11.8 Å². The van der Waals surface area contributed by atoms with Gasteiger partial charge < -0.3 is 14.4 Å². The van der Waals surface area contributed by atoms with Gasteiger partial charge in [-0.2, -0.15) is 0 Å². The van der Waals surface area contributed by atoms with Crippen LogP contribution >= 0.6 is 11.6 Å². The number of hydrogen-bond acceptors (Lipinski definition) is 5. The molecule has 0 spiro atoms. The molecule has 0 amide bonds. The van der Waals surface area contributed by atoms with Crippen molar-refractivity contribution < 1.29 is 19.4 Å². The van der Waals surface area contributed by atoms with Gasteiger partial charge in [0.15, 0.2) is 0 Å². The summed E-state index contributed by atoms with van der Waals surface area (Å²) < 4.78 is 10.6. The topological polar surface area (TPSA) is 71.0 Å². The highest BCUT2D eigenvalue weighted by Crippen LogP contribution is 2.39. The van der Waals surface area contributed by atoms with E-state index in [9.17, 15) is 9.90 Å². The standard InChI is InChI=1S/C22H24ClN2O4/c1-15-18-5-3-6-19(23)21(18)24-22(25(15)2)16-8-10-17(11-9-16)28-13-14-29-20(27)7-4-12-26/h3,5-6,8-11,15H,4,7,12-14H2,1-2H3. The number of hydrogen-bond donors (Lipinski definition) is 0. The second-order valence-corrected chi connectivity index (χ2v) is 7.21. The number of esters is 1. The fourth-order valence-corrected chi connectivity index (χ4v) is 3.36. The summed E-state index contributed by atoms with van der Waals surface area (Å²) >= 11 is 6.36. The Balaban J connectivity index is 1.63. The number of halogens is 1. The van der Waals surface area contributed by atoms with Crippen molar-refractivity contribution in [2.45, 2.75) is 25.8 Å². The highest BCUT2D eigenvalue weighted by molar-refractivity contribution is 6.33. The van der Waals surface area contributed by atoms with E-state index < -0.39 is 0 Å². The quantitative estimate of drug-likeness (QED) is 0.468. The molecule has 0 saturated carbocycles. The summed E-state index contributed by atoms with van der Waals surface area (Å²) in [5.74, 6) is 1.15.